The average molecular weight is 422 g/mol. The van der Waals surface area contributed by atoms with Crippen LogP contribution >= 0.6 is 11.6 Å². The fraction of sp³-hybridized carbons (Fsp3) is 0.476. The van der Waals surface area contributed by atoms with E-state index in [9.17, 15) is 19.1 Å². The first-order valence-corrected chi connectivity index (χ1v) is 10.2. The van der Waals surface area contributed by atoms with E-state index in [1.165, 1.54) is 34.0 Å². The first kappa shape index (κ1) is 21.3. The molecule has 0 radical (unpaired) electrons. The van der Waals surface area contributed by atoms with Gasteiger partial charge in [-0.05, 0) is 57.6 Å². The van der Waals surface area contributed by atoms with Crippen LogP contribution in [0.4, 0.5) is 10.2 Å². The number of carbonyl (C=O) groups is 2. The Morgan fingerprint density at radius 2 is 1.93 bits per heavy atom. The summed E-state index contributed by atoms with van der Waals surface area (Å²) in [4.78, 5) is 26.6. The zero-order chi connectivity index (χ0) is 21.3. The fourth-order valence-electron chi connectivity index (χ4n) is 3.76. The van der Waals surface area contributed by atoms with Gasteiger partial charge in [0, 0.05) is 24.2 Å². The summed E-state index contributed by atoms with van der Waals surface area (Å²) in [6.45, 7) is 5.84. The molecule has 156 valence electrons. The summed E-state index contributed by atoms with van der Waals surface area (Å²) in [5.74, 6) is -1.41. The number of hydrogen-bond donors (Lipinski definition) is 1. The zero-order valence-corrected chi connectivity index (χ0v) is 17.5. The number of carboxylic acid groups (broad SMARTS) is 1. The lowest BCUT2D eigenvalue weighted by atomic mass is 9.82. The third-order valence-corrected chi connectivity index (χ3v) is 5.75. The maximum atomic E-state index is 13.9. The molecule has 0 aliphatic heterocycles. The Hall–Kier alpha value is -2.41. The van der Waals surface area contributed by atoms with E-state index in [4.69, 9.17) is 11.6 Å². The lowest BCUT2D eigenvalue weighted by Crippen LogP contribution is -2.43. The topological polar surface area (TPSA) is 75.4 Å². The summed E-state index contributed by atoms with van der Waals surface area (Å²) in [6.07, 6.45) is 4.83. The average Bonchev–Trinajstić information content (AvgIpc) is 3.09. The van der Waals surface area contributed by atoms with Crippen LogP contribution in [0.3, 0.4) is 0 Å². The smallest absolute Gasteiger partial charge is 0.341 e. The van der Waals surface area contributed by atoms with Gasteiger partial charge in [-0.25, -0.2) is 13.9 Å². The molecule has 1 heterocycles. The molecule has 0 spiro atoms. The Kier molecular flexibility index (Phi) is 6.27. The highest BCUT2D eigenvalue weighted by molar-refractivity contribution is 6.30. The number of rotatable bonds is 5. The van der Waals surface area contributed by atoms with Gasteiger partial charge < -0.3 is 5.11 Å². The van der Waals surface area contributed by atoms with Crippen molar-refractivity contribution in [3.8, 4) is 5.69 Å². The maximum Gasteiger partial charge on any atom is 0.341 e. The zero-order valence-electron chi connectivity index (χ0n) is 16.7. The number of carboxylic acids is 1. The number of anilines is 1. The van der Waals surface area contributed by atoms with Crippen LogP contribution < -0.4 is 4.90 Å². The van der Waals surface area contributed by atoms with E-state index in [0.717, 1.165) is 25.7 Å². The molecule has 29 heavy (non-hydrogen) atoms. The minimum absolute atomic E-state index is 0.0369. The fourth-order valence-corrected chi connectivity index (χ4v) is 3.88. The number of halogens is 2. The van der Waals surface area contributed by atoms with Gasteiger partial charge in [-0.1, -0.05) is 18.5 Å². The number of nitrogens with zero attached hydrogens (tertiary/aromatic N) is 3. The molecule has 2 aromatic rings. The second-order valence-corrected chi connectivity index (χ2v) is 8.38. The minimum atomic E-state index is -1.20. The minimum Gasteiger partial charge on any atom is -0.477 e. The number of benzene rings is 1. The second-order valence-electron chi connectivity index (χ2n) is 7.97. The van der Waals surface area contributed by atoms with Gasteiger partial charge in [0.15, 0.2) is 5.82 Å². The summed E-state index contributed by atoms with van der Waals surface area (Å²) in [5, 5.41) is 14.0. The number of aromatic nitrogens is 2. The largest absolute Gasteiger partial charge is 0.477 e. The molecule has 1 aromatic carbocycles. The van der Waals surface area contributed by atoms with Crippen molar-refractivity contribution in [1.82, 2.24) is 9.78 Å². The molecule has 1 aromatic heterocycles. The molecule has 1 saturated carbocycles. The predicted octanol–water partition coefficient (Wildman–Crippen LogP) is 4.93. The number of aromatic carboxylic acids is 1. The highest BCUT2D eigenvalue weighted by Gasteiger charge is 2.34. The number of amides is 1. The van der Waals surface area contributed by atoms with Crippen molar-refractivity contribution in [3.05, 3.63) is 40.8 Å². The van der Waals surface area contributed by atoms with Crippen LogP contribution in [0.25, 0.3) is 5.69 Å². The molecule has 1 fully saturated rings. The molecule has 1 aliphatic rings. The third kappa shape index (κ3) is 4.45. The molecule has 0 bridgehead atoms. The van der Waals surface area contributed by atoms with E-state index in [-0.39, 0.29) is 34.3 Å². The molecule has 0 saturated heterocycles. The molecule has 1 N–H and O–H groups in total. The molecule has 1 amide bonds. The third-order valence-electron chi connectivity index (χ3n) is 5.44. The van der Waals surface area contributed by atoms with Crippen LogP contribution in [-0.4, -0.2) is 32.8 Å². The van der Waals surface area contributed by atoms with Crippen molar-refractivity contribution < 1.29 is 19.1 Å². The monoisotopic (exact) mass is 421 g/mol. The first-order chi connectivity index (χ1) is 13.7. The second kappa shape index (κ2) is 8.53. The Balaban J connectivity index is 2.01. The predicted molar refractivity (Wildman–Crippen MR) is 109 cm³/mol. The van der Waals surface area contributed by atoms with Crippen LogP contribution in [0.5, 0.6) is 0 Å². The van der Waals surface area contributed by atoms with Gasteiger partial charge in [-0.2, -0.15) is 0 Å². The first-order valence-electron chi connectivity index (χ1n) is 9.80. The Bertz CT molecular complexity index is 920. The van der Waals surface area contributed by atoms with Crippen LogP contribution in [0.1, 0.15) is 56.8 Å². The van der Waals surface area contributed by atoms with Gasteiger partial charge in [0.25, 0.3) is 0 Å². The molecule has 8 heteroatoms. The van der Waals surface area contributed by atoms with Crippen LogP contribution in [0.15, 0.2) is 24.4 Å². The van der Waals surface area contributed by atoms with Gasteiger partial charge in [0.1, 0.15) is 11.4 Å². The summed E-state index contributed by atoms with van der Waals surface area (Å²) in [5.41, 5.74) is 0.217. The Labute approximate surface area is 174 Å². The molecule has 3 rings (SSSR count). The van der Waals surface area contributed by atoms with E-state index in [1.54, 1.807) is 0 Å². The van der Waals surface area contributed by atoms with E-state index < -0.39 is 11.8 Å². The Morgan fingerprint density at radius 1 is 1.28 bits per heavy atom. The van der Waals surface area contributed by atoms with E-state index in [1.807, 2.05) is 13.8 Å². The van der Waals surface area contributed by atoms with Gasteiger partial charge in [0.05, 0.1) is 10.7 Å². The molecular weight excluding hydrogens is 397 g/mol. The summed E-state index contributed by atoms with van der Waals surface area (Å²) >= 11 is 5.73. The lowest BCUT2D eigenvalue weighted by Gasteiger charge is -2.32. The van der Waals surface area contributed by atoms with Gasteiger partial charge >= 0.3 is 5.97 Å². The molecule has 6 nitrogen and oxygen atoms in total. The maximum absolute atomic E-state index is 13.9. The summed E-state index contributed by atoms with van der Waals surface area (Å²) in [6, 6.07) is 3.82. The number of carbonyl (C=O) groups excluding carboxylic acids is 1. The summed E-state index contributed by atoms with van der Waals surface area (Å²) in [7, 11) is 0. The SMILES string of the molecule is CC1CCC(C(=O)N(c2nn(-c3ccc(Cl)c(F)c3)cc2C(=O)O)C(C)C)CC1. The normalized spacial score (nSPS) is 19.4. The molecule has 0 unspecified atom stereocenters. The highest BCUT2D eigenvalue weighted by atomic mass is 35.5. The van der Waals surface area contributed by atoms with Crippen molar-refractivity contribution in [2.45, 2.75) is 52.5 Å². The van der Waals surface area contributed by atoms with E-state index >= 15 is 0 Å². The summed E-state index contributed by atoms with van der Waals surface area (Å²) < 4.78 is 15.1. The highest BCUT2D eigenvalue weighted by Crippen LogP contribution is 2.33. The standard InChI is InChI=1S/C21H25ClFN3O3/c1-12(2)26(20(27)14-6-4-13(3)5-7-14)19-16(21(28)29)11-25(24-19)15-8-9-17(22)18(23)10-15/h8-14H,4-7H2,1-3H3,(H,28,29). The Morgan fingerprint density at radius 3 is 2.48 bits per heavy atom. The molecule has 0 atom stereocenters. The number of hydrogen-bond acceptors (Lipinski definition) is 3. The van der Waals surface area contributed by atoms with Gasteiger partial charge in [0.2, 0.25) is 5.91 Å². The van der Waals surface area contributed by atoms with Crippen molar-refractivity contribution in [2.24, 2.45) is 11.8 Å². The van der Waals surface area contributed by atoms with Crippen LogP contribution in [0, 0.1) is 17.7 Å². The van der Waals surface area contributed by atoms with Gasteiger partial charge in [-0.3, -0.25) is 9.69 Å². The van der Waals surface area contributed by atoms with Crippen LogP contribution in [0.2, 0.25) is 5.02 Å². The van der Waals surface area contributed by atoms with Crippen LogP contribution in [-0.2, 0) is 4.79 Å². The van der Waals surface area contributed by atoms with Crippen molar-refractivity contribution >= 4 is 29.3 Å². The van der Waals surface area contributed by atoms with E-state index in [0.29, 0.717) is 11.6 Å². The molecule has 1 aliphatic carbocycles. The van der Waals surface area contributed by atoms with Crippen molar-refractivity contribution in [2.75, 3.05) is 4.90 Å². The lowest BCUT2D eigenvalue weighted by molar-refractivity contribution is -0.123. The molecular formula is C21H25ClFN3O3. The van der Waals surface area contributed by atoms with Crippen molar-refractivity contribution in [3.63, 3.8) is 0 Å². The van der Waals surface area contributed by atoms with Gasteiger partial charge in [-0.15, -0.1) is 5.10 Å². The van der Waals surface area contributed by atoms with E-state index in [2.05, 4.69) is 12.0 Å². The van der Waals surface area contributed by atoms with Crippen molar-refractivity contribution in [1.29, 1.82) is 0 Å². The quantitative estimate of drug-likeness (QED) is 0.742.